The van der Waals surface area contributed by atoms with Crippen molar-refractivity contribution in [1.29, 1.82) is 0 Å². The summed E-state index contributed by atoms with van der Waals surface area (Å²) >= 11 is 0. The number of rotatable bonds is 1. The van der Waals surface area contributed by atoms with Crippen LogP contribution in [0.25, 0.3) is 0 Å². The van der Waals surface area contributed by atoms with Crippen molar-refractivity contribution in [1.82, 2.24) is 5.43 Å². The molecule has 1 aliphatic carbocycles. The van der Waals surface area contributed by atoms with Gasteiger partial charge in [-0.15, -0.1) is 0 Å². The number of hydrogen-bond donors (Lipinski definition) is 3. The topological polar surface area (TPSA) is 99.0 Å². The van der Waals surface area contributed by atoms with Gasteiger partial charge in [0, 0.05) is 6.54 Å². The number of hydrogen-bond acceptors (Lipinski definition) is 4. The van der Waals surface area contributed by atoms with Crippen LogP contribution >= 0.6 is 0 Å². The Morgan fingerprint density at radius 3 is 1.85 bits per heavy atom. The van der Waals surface area contributed by atoms with E-state index in [1.54, 1.807) is 5.57 Å². The summed E-state index contributed by atoms with van der Waals surface area (Å²) < 4.78 is 31.6. The average Bonchev–Trinajstić information content (AvgIpc) is 2.69. The molecule has 158 valence electrons. The Morgan fingerprint density at radius 1 is 0.741 bits per heavy atom. The highest BCUT2D eigenvalue weighted by atomic mass is 32.3. The Bertz CT molecular complexity index is 502. The van der Waals surface area contributed by atoms with Crippen LogP contribution in [0.1, 0.15) is 103 Å². The first-order chi connectivity index (χ1) is 13.0. The second-order valence-corrected chi connectivity index (χ2v) is 8.42. The van der Waals surface area contributed by atoms with E-state index in [2.05, 4.69) is 11.5 Å². The molecule has 0 saturated carbocycles. The smallest absolute Gasteiger partial charge is 0.310 e. The second-order valence-electron chi connectivity index (χ2n) is 7.53. The van der Waals surface area contributed by atoms with Gasteiger partial charge in [-0.2, -0.15) is 13.5 Å². The van der Waals surface area contributed by atoms with Crippen LogP contribution in [0, 0.1) is 0 Å². The minimum atomic E-state index is -4.67. The molecule has 0 aromatic rings. The zero-order valence-electron chi connectivity index (χ0n) is 16.7. The van der Waals surface area contributed by atoms with Gasteiger partial charge in [-0.25, -0.2) is 0 Å². The van der Waals surface area contributed by atoms with Crippen molar-refractivity contribution in [2.24, 2.45) is 5.10 Å². The first-order valence-electron chi connectivity index (χ1n) is 10.7. The van der Waals surface area contributed by atoms with Gasteiger partial charge in [0.05, 0.1) is 5.71 Å². The summed E-state index contributed by atoms with van der Waals surface area (Å²) in [6.07, 6.45) is 24.2. The molecule has 0 bridgehead atoms. The monoisotopic (exact) mass is 402 g/mol. The average molecular weight is 403 g/mol. The van der Waals surface area contributed by atoms with E-state index in [-0.39, 0.29) is 0 Å². The summed E-state index contributed by atoms with van der Waals surface area (Å²) in [4.78, 5) is 0. The molecule has 0 fully saturated rings. The van der Waals surface area contributed by atoms with Gasteiger partial charge in [0.25, 0.3) is 0 Å². The van der Waals surface area contributed by atoms with Gasteiger partial charge in [0.1, 0.15) is 0 Å². The van der Waals surface area contributed by atoms with Gasteiger partial charge in [-0.1, -0.05) is 63.9 Å². The number of allylic oxidation sites excluding steroid dienone is 2. The third-order valence-corrected chi connectivity index (χ3v) is 5.08. The molecule has 0 radical (unpaired) electrons. The molecular weight excluding hydrogens is 364 g/mol. The SMILES string of the molecule is C1=C(C2=NNCCCCCCCC2)CCCCCCCCC1.O=S(=O)(O)O. The van der Waals surface area contributed by atoms with Gasteiger partial charge in [0.15, 0.2) is 0 Å². The Kier molecular flexibility index (Phi) is 13.4. The lowest BCUT2D eigenvalue weighted by Gasteiger charge is -2.12. The summed E-state index contributed by atoms with van der Waals surface area (Å²) in [5, 5.41) is 4.80. The number of nitrogens with one attached hydrogen (secondary N) is 1. The predicted molar refractivity (Wildman–Crippen MR) is 112 cm³/mol. The van der Waals surface area contributed by atoms with Crippen molar-refractivity contribution >= 4 is 16.1 Å². The van der Waals surface area contributed by atoms with E-state index in [1.165, 1.54) is 108 Å². The Morgan fingerprint density at radius 2 is 1.22 bits per heavy atom. The van der Waals surface area contributed by atoms with Crippen molar-refractivity contribution in [3.05, 3.63) is 11.6 Å². The van der Waals surface area contributed by atoms with E-state index in [0.29, 0.717) is 0 Å². The quantitative estimate of drug-likeness (QED) is 0.505. The van der Waals surface area contributed by atoms with Crippen LogP contribution in [-0.4, -0.2) is 29.8 Å². The minimum Gasteiger partial charge on any atom is -0.310 e. The van der Waals surface area contributed by atoms with Gasteiger partial charge in [-0.3, -0.25) is 9.11 Å². The van der Waals surface area contributed by atoms with E-state index < -0.39 is 10.4 Å². The maximum atomic E-state index is 8.74. The lowest BCUT2D eigenvalue weighted by molar-refractivity contribution is 0.381. The van der Waals surface area contributed by atoms with Crippen molar-refractivity contribution in [2.45, 2.75) is 103 Å². The lowest BCUT2D eigenvalue weighted by Crippen LogP contribution is -2.14. The molecule has 2 aliphatic rings. The standard InChI is InChI=1S/C20H36N2.H2O4S/c1-2-4-8-12-16-19(15-11-7-3-1)20-17-13-9-5-6-10-14-18-21-22-20;1-5(2,3)4/h15,21H,1-14,16-18H2;(H2,1,2,3,4). The first-order valence-corrected chi connectivity index (χ1v) is 12.1. The highest BCUT2D eigenvalue weighted by Gasteiger charge is 2.09. The van der Waals surface area contributed by atoms with Crippen LogP contribution in [0.15, 0.2) is 16.8 Å². The van der Waals surface area contributed by atoms with Crippen LogP contribution in [0.5, 0.6) is 0 Å². The molecule has 0 aromatic heterocycles. The van der Waals surface area contributed by atoms with Crippen LogP contribution in [-0.2, 0) is 10.4 Å². The first kappa shape index (κ1) is 24.1. The van der Waals surface area contributed by atoms with E-state index in [0.717, 1.165) is 6.54 Å². The molecule has 0 atom stereocenters. The summed E-state index contributed by atoms with van der Waals surface area (Å²) in [5.41, 5.74) is 6.29. The molecule has 0 saturated heterocycles. The van der Waals surface area contributed by atoms with Crippen molar-refractivity contribution in [3.8, 4) is 0 Å². The number of hydrazone groups is 1. The minimum absolute atomic E-state index is 1.05. The fourth-order valence-electron chi connectivity index (χ4n) is 3.63. The summed E-state index contributed by atoms with van der Waals surface area (Å²) in [7, 11) is -4.67. The normalized spacial score (nSPS) is 21.7. The molecule has 0 unspecified atom stereocenters. The molecule has 6 nitrogen and oxygen atoms in total. The highest BCUT2D eigenvalue weighted by molar-refractivity contribution is 7.79. The second kappa shape index (κ2) is 15.1. The molecule has 0 spiro atoms. The van der Waals surface area contributed by atoms with Gasteiger partial charge < -0.3 is 5.43 Å². The van der Waals surface area contributed by atoms with E-state index in [1.807, 2.05) is 0 Å². The zero-order valence-corrected chi connectivity index (χ0v) is 17.5. The summed E-state index contributed by atoms with van der Waals surface area (Å²) in [6.45, 7) is 1.05. The van der Waals surface area contributed by atoms with Gasteiger partial charge in [-0.05, 0) is 50.5 Å². The van der Waals surface area contributed by atoms with Gasteiger partial charge in [0.2, 0.25) is 0 Å². The van der Waals surface area contributed by atoms with E-state index >= 15 is 0 Å². The van der Waals surface area contributed by atoms with Crippen LogP contribution in [0.3, 0.4) is 0 Å². The van der Waals surface area contributed by atoms with Crippen molar-refractivity contribution in [3.63, 3.8) is 0 Å². The molecule has 3 N–H and O–H groups in total. The zero-order chi connectivity index (χ0) is 19.8. The van der Waals surface area contributed by atoms with E-state index in [4.69, 9.17) is 22.6 Å². The Hall–Kier alpha value is -0.920. The predicted octanol–water partition coefficient (Wildman–Crippen LogP) is 5.47. The molecular formula is C20H38N2O4S. The fourth-order valence-corrected chi connectivity index (χ4v) is 3.63. The molecule has 1 aliphatic heterocycles. The molecule has 1 heterocycles. The summed E-state index contributed by atoms with van der Waals surface area (Å²) in [6, 6.07) is 0. The van der Waals surface area contributed by atoms with Crippen molar-refractivity contribution in [2.75, 3.05) is 6.54 Å². The third kappa shape index (κ3) is 15.8. The molecule has 0 amide bonds. The van der Waals surface area contributed by atoms with Crippen LogP contribution < -0.4 is 5.43 Å². The maximum absolute atomic E-state index is 8.74. The third-order valence-electron chi connectivity index (χ3n) is 5.08. The lowest BCUT2D eigenvalue weighted by atomic mass is 9.97. The van der Waals surface area contributed by atoms with Crippen molar-refractivity contribution < 1.29 is 17.5 Å². The molecule has 2 rings (SSSR count). The largest absolute Gasteiger partial charge is 0.394 e. The van der Waals surface area contributed by atoms with E-state index in [9.17, 15) is 0 Å². The van der Waals surface area contributed by atoms with Gasteiger partial charge >= 0.3 is 10.4 Å². The number of nitrogens with zero attached hydrogens (tertiary/aromatic N) is 1. The molecule has 7 heteroatoms. The summed E-state index contributed by atoms with van der Waals surface area (Å²) in [5.74, 6) is 0. The molecule has 27 heavy (non-hydrogen) atoms. The van der Waals surface area contributed by atoms with Crippen LogP contribution in [0.2, 0.25) is 0 Å². The Labute approximate surface area is 165 Å². The Balaban J connectivity index is 0.000000646. The highest BCUT2D eigenvalue weighted by Crippen LogP contribution is 2.20. The maximum Gasteiger partial charge on any atom is 0.394 e. The molecule has 0 aromatic carbocycles. The van der Waals surface area contributed by atoms with Crippen LogP contribution in [0.4, 0.5) is 0 Å². The fraction of sp³-hybridized carbons (Fsp3) is 0.850.